The first-order valence-electron chi connectivity index (χ1n) is 9.44. The summed E-state index contributed by atoms with van der Waals surface area (Å²) in [5, 5.41) is 2.93. The van der Waals surface area contributed by atoms with Gasteiger partial charge in [0.15, 0.2) is 0 Å². The summed E-state index contributed by atoms with van der Waals surface area (Å²) >= 11 is 1.59. The third-order valence-corrected chi connectivity index (χ3v) is 6.31. The van der Waals surface area contributed by atoms with Crippen molar-refractivity contribution in [3.63, 3.8) is 0 Å². The minimum Gasteiger partial charge on any atom is -0.467 e. The van der Waals surface area contributed by atoms with Gasteiger partial charge in [0.05, 0.1) is 18.6 Å². The summed E-state index contributed by atoms with van der Waals surface area (Å²) in [5.41, 5.74) is 4.50. The van der Waals surface area contributed by atoms with Crippen LogP contribution in [0.1, 0.15) is 38.2 Å². The number of amides is 2. The van der Waals surface area contributed by atoms with E-state index in [0.29, 0.717) is 17.9 Å². The van der Waals surface area contributed by atoms with Crippen LogP contribution >= 0.6 is 11.8 Å². The SMILES string of the molecule is Cc1cccc(C)c1NC(=O)c1ccc(C2SCC(=O)N2Cc2ccco2)cc1. The average molecular weight is 407 g/mol. The highest BCUT2D eigenvalue weighted by Crippen LogP contribution is 2.39. The molecule has 6 heteroatoms. The Morgan fingerprint density at radius 2 is 1.83 bits per heavy atom. The molecular weight excluding hydrogens is 384 g/mol. The van der Waals surface area contributed by atoms with Crippen molar-refractivity contribution in [3.05, 3.63) is 88.9 Å². The molecular formula is C23H22N2O3S. The maximum absolute atomic E-state index is 12.7. The average Bonchev–Trinajstić information content (AvgIpc) is 3.36. The molecule has 1 unspecified atom stereocenters. The third kappa shape index (κ3) is 4.07. The van der Waals surface area contributed by atoms with Gasteiger partial charge in [-0.2, -0.15) is 0 Å². The topological polar surface area (TPSA) is 62.6 Å². The van der Waals surface area contributed by atoms with E-state index in [-0.39, 0.29) is 17.2 Å². The van der Waals surface area contributed by atoms with Crippen molar-refractivity contribution >= 4 is 29.3 Å². The van der Waals surface area contributed by atoms with Crippen LogP contribution in [0.3, 0.4) is 0 Å². The van der Waals surface area contributed by atoms with Crippen LogP contribution in [0.4, 0.5) is 5.69 Å². The van der Waals surface area contributed by atoms with Crippen LogP contribution in [-0.4, -0.2) is 22.5 Å². The highest BCUT2D eigenvalue weighted by Gasteiger charge is 2.33. The second-order valence-corrected chi connectivity index (χ2v) is 8.18. The molecule has 1 atom stereocenters. The Bertz CT molecular complexity index is 1010. The Kier molecular flexibility index (Phi) is 5.45. The number of carbonyl (C=O) groups is 2. The Morgan fingerprint density at radius 3 is 2.48 bits per heavy atom. The zero-order chi connectivity index (χ0) is 20.4. The van der Waals surface area contributed by atoms with Gasteiger partial charge in [0.1, 0.15) is 11.1 Å². The lowest BCUT2D eigenvalue weighted by Crippen LogP contribution is -2.27. The Morgan fingerprint density at radius 1 is 1.10 bits per heavy atom. The largest absolute Gasteiger partial charge is 0.467 e. The predicted octanol–water partition coefficient (Wildman–Crippen LogP) is 4.92. The molecule has 2 amide bonds. The maximum atomic E-state index is 12.7. The molecule has 3 aromatic rings. The lowest BCUT2D eigenvalue weighted by molar-refractivity contribution is -0.128. The summed E-state index contributed by atoms with van der Waals surface area (Å²) in [5.74, 6) is 1.15. The minimum atomic E-state index is -0.142. The molecule has 5 nitrogen and oxygen atoms in total. The van der Waals surface area contributed by atoms with E-state index in [9.17, 15) is 9.59 Å². The predicted molar refractivity (Wildman–Crippen MR) is 115 cm³/mol. The summed E-state index contributed by atoms with van der Waals surface area (Å²) in [6.45, 7) is 4.40. The fourth-order valence-electron chi connectivity index (χ4n) is 3.47. The number of hydrogen-bond donors (Lipinski definition) is 1. The third-order valence-electron chi connectivity index (χ3n) is 5.05. The number of benzene rings is 2. The first-order valence-corrected chi connectivity index (χ1v) is 10.5. The van der Waals surface area contributed by atoms with Crippen molar-refractivity contribution in [1.29, 1.82) is 0 Å². The number of thioether (sulfide) groups is 1. The van der Waals surface area contributed by atoms with E-state index in [0.717, 1.165) is 28.1 Å². The molecule has 0 spiro atoms. The number of carbonyl (C=O) groups excluding carboxylic acids is 2. The van der Waals surface area contributed by atoms with Gasteiger partial charge in [0.2, 0.25) is 5.91 Å². The van der Waals surface area contributed by atoms with Crippen molar-refractivity contribution in [3.8, 4) is 0 Å². The molecule has 29 heavy (non-hydrogen) atoms. The van der Waals surface area contributed by atoms with Crippen molar-refractivity contribution in [2.45, 2.75) is 25.8 Å². The second-order valence-electron chi connectivity index (χ2n) is 7.11. The van der Waals surface area contributed by atoms with Crippen LogP contribution in [0.2, 0.25) is 0 Å². The van der Waals surface area contributed by atoms with E-state index in [1.807, 2.05) is 73.3 Å². The molecule has 0 radical (unpaired) electrons. The van der Waals surface area contributed by atoms with Crippen LogP contribution < -0.4 is 5.32 Å². The molecule has 148 valence electrons. The van der Waals surface area contributed by atoms with Crippen LogP contribution in [-0.2, 0) is 11.3 Å². The number of hydrogen-bond acceptors (Lipinski definition) is 4. The van der Waals surface area contributed by atoms with E-state index in [1.54, 1.807) is 18.0 Å². The van der Waals surface area contributed by atoms with Crippen LogP contribution in [0.25, 0.3) is 0 Å². The first-order chi connectivity index (χ1) is 14.0. The maximum Gasteiger partial charge on any atom is 0.255 e. The fraction of sp³-hybridized carbons (Fsp3) is 0.217. The van der Waals surface area contributed by atoms with Crippen molar-refractivity contribution < 1.29 is 14.0 Å². The lowest BCUT2D eigenvalue weighted by atomic mass is 10.1. The normalized spacial score (nSPS) is 16.3. The zero-order valence-electron chi connectivity index (χ0n) is 16.3. The number of anilines is 1. The molecule has 1 fully saturated rings. The Labute approximate surface area is 174 Å². The highest BCUT2D eigenvalue weighted by atomic mass is 32.2. The summed E-state index contributed by atoms with van der Waals surface area (Å²) < 4.78 is 5.40. The fourth-order valence-corrected chi connectivity index (χ4v) is 4.66. The molecule has 2 aromatic carbocycles. The van der Waals surface area contributed by atoms with Gasteiger partial charge in [0.25, 0.3) is 5.91 Å². The molecule has 4 rings (SSSR count). The molecule has 0 aliphatic carbocycles. The molecule has 0 bridgehead atoms. The second kappa shape index (κ2) is 8.17. The van der Waals surface area contributed by atoms with Gasteiger partial charge in [-0.3, -0.25) is 9.59 Å². The Balaban J connectivity index is 1.50. The molecule has 1 saturated heterocycles. The van der Waals surface area contributed by atoms with Gasteiger partial charge in [-0.05, 0) is 54.8 Å². The number of para-hydroxylation sites is 1. The monoisotopic (exact) mass is 406 g/mol. The summed E-state index contributed by atoms with van der Waals surface area (Å²) in [7, 11) is 0. The van der Waals surface area contributed by atoms with Gasteiger partial charge in [0, 0.05) is 11.3 Å². The van der Waals surface area contributed by atoms with Crippen LogP contribution in [0, 0.1) is 13.8 Å². The van der Waals surface area contributed by atoms with Gasteiger partial charge < -0.3 is 14.6 Å². The summed E-state index contributed by atoms with van der Waals surface area (Å²) in [6.07, 6.45) is 1.61. The summed E-state index contributed by atoms with van der Waals surface area (Å²) in [4.78, 5) is 26.8. The number of nitrogens with one attached hydrogen (secondary N) is 1. The number of nitrogens with zero attached hydrogens (tertiary/aromatic N) is 1. The van der Waals surface area contributed by atoms with Crippen molar-refractivity contribution in [2.24, 2.45) is 0 Å². The Hall–Kier alpha value is -2.99. The quantitative estimate of drug-likeness (QED) is 0.653. The van der Waals surface area contributed by atoms with Crippen LogP contribution in [0.15, 0.2) is 65.3 Å². The highest BCUT2D eigenvalue weighted by molar-refractivity contribution is 8.00. The van der Waals surface area contributed by atoms with Gasteiger partial charge in [-0.15, -0.1) is 11.8 Å². The standard InChI is InChI=1S/C23H22N2O3S/c1-15-5-3-6-16(2)21(15)24-22(27)17-8-10-18(11-9-17)23-25(20(26)14-29-23)13-19-7-4-12-28-19/h3-12,23H,13-14H2,1-2H3,(H,24,27). The van der Waals surface area contributed by atoms with Crippen molar-refractivity contribution in [1.82, 2.24) is 4.90 Å². The van der Waals surface area contributed by atoms with E-state index in [1.165, 1.54) is 0 Å². The molecule has 1 N–H and O–H groups in total. The minimum absolute atomic E-state index is 0.0803. The molecule has 1 aliphatic rings. The molecule has 1 aliphatic heterocycles. The smallest absolute Gasteiger partial charge is 0.255 e. The van der Waals surface area contributed by atoms with Crippen LogP contribution in [0.5, 0.6) is 0 Å². The van der Waals surface area contributed by atoms with E-state index >= 15 is 0 Å². The number of aryl methyl sites for hydroxylation is 2. The van der Waals surface area contributed by atoms with Crippen molar-refractivity contribution in [2.75, 3.05) is 11.1 Å². The van der Waals surface area contributed by atoms with Gasteiger partial charge >= 0.3 is 0 Å². The first kappa shape index (κ1) is 19.3. The summed E-state index contributed by atoms with van der Waals surface area (Å²) in [6, 6.07) is 17.1. The van der Waals surface area contributed by atoms with E-state index in [4.69, 9.17) is 4.42 Å². The van der Waals surface area contributed by atoms with E-state index < -0.39 is 0 Å². The molecule has 0 saturated carbocycles. The zero-order valence-corrected chi connectivity index (χ0v) is 17.2. The molecule has 2 heterocycles. The van der Waals surface area contributed by atoms with E-state index in [2.05, 4.69) is 5.32 Å². The van der Waals surface area contributed by atoms with Gasteiger partial charge in [-0.25, -0.2) is 0 Å². The molecule has 1 aromatic heterocycles. The van der Waals surface area contributed by atoms with Gasteiger partial charge in [-0.1, -0.05) is 30.3 Å². The lowest BCUT2D eigenvalue weighted by Gasteiger charge is -2.23. The number of furan rings is 1. The number of rotatable bonds is 5.